The minimum Gasteiger partial charge on any atom is -0.192 e. The summed E-state index contributed by atoms with van der Waals surface area (Å²) in [5.41, 5.74) is -0.599. The van der Waals surface area contributed by atoms with Crippen LogP contribution in [0.15, 0.2) is 24.8 Å². The van der Waals surface area contributed by atoms with Gasteiger partial charge in [-0.1, -0.05) is 6.58 Å². The Morgan fingerprint density at radius 1 is 1.21 bits per heavy atom. The predicted octanol–water partition coefficient (Wildman–Crippen LogP) is 2.91. The molecular formula is C10H5F3N. The lowest BCUT2D eigenvalue weighted by Crippen LogP contribution is -2.05. The van der Waals surface area contributed by atoms with Crippen LogP contribution in [-0.4, -0.2) is 0 Å². The molecule has 0 saturated carbocycles. The van der Waals surface area contributed by atoms with Crippen molar-refractivity contribution in [3.8, 4) is 6.07 Å². The molecule has 71 valence electrons. The maximum atomic E-state index is 12.2. The van der Waals surface area contributed by atoms with E-state index in [1.807, 2.05) is 0 Å². The Morgan fingerprint density at radius 2 is 1.86 bits per heavy atom. The lowest BCUT2D eigenvalue weighted by Gasteiger charge is -2.07. The van der Waals surface area contributed by atoms with Gasteiger partial charge in [-0.05, 0) is 24.3 Å². The summed E-state index contributed by atoms with van der Waals surface area (Å²) < 4.78 is 36.6. The normalized spacial score (nSPS) is 10.7. The number of nitriles is 1. The summed E-state index contributed by atoms with van der Waals surface area (Å²) in [6, 6.07) is 4.58. The SMILES string of the molecule is C=[C]c1cc(C(F)(F)F)ccc1C#N. The maximum absolute atomic E-state index is 12.2. The zero-order valence-electron chi connectivity index (χ0n) is 7.02. The van der Waals surface area contributed by atoms with Crippen LogP contribution in [0.5, 0.6) is 0 Å². The van der Waals surface area contributed by atoms with Crippen molar-refractivity contribution >= 4 is 0 Å². The largest absolute Gasteiger partial charge is 0.416 e. The molecule has 0 atom stereocenters. The van der Waals surface area contributed by atoms with Gasteiger partial charge in [0, 0.05) is 5.56 Å². The fourth-order valence-electron chi connectivity index (χ4n) is 0.964. The summed E-state index contributed by atoms with van der Waals surface area (Å²) in [4.78, 5) is 0. The van der Waals surface area contributed by atoms with Crippen molar-refractivity contribution in [2.75, 3.05) is 0 Å². The van der Waals surface area contributed by atoms with Crippen LogP contribution in [0.1, 0.15) is 16.7 Å². The molecule has 4 heteroatoms. The molecule has 1 aromatic rings. The molecule has 1 radical (unpaired) electrons. The second-order valence-corrected chi connectivity index (χ2v) is 2.55. The summed E-state index contributed by atoms with van der Waals surface area (Å²) in [6.45, 7) is 3.22. The van der Waals surface area contributed by atoms with Gasteiger partial charge < -0.3 is 0 Å². The fourth-order valence-corrected chi connectivity index (χ4v) is 0.964. The van der Waals surface area contributed by atoms with Gasteiger partial charge in [-0.2, -0.15) is 18.4 Å². The maximum Gasteiger partial charge on any atom is 0.416 e. The van der Waals surface area contributed by atoms with Crippen molar-refractivity contribution in [2.45, 2.75) is 6.18 Å². The molecule has 0 aliphatic carbocycles. The Bertz CT molecular complexity index is 399. The van der Waals surface area contributed by atoms with Gasteiger partial charge in [-0.15, -0.1) is 0 Å². The Kier molecular flexibility index (Phi) is 2.61. The van der Waals surface area contributed by atoms with E-state index >= 15 is 0 Å². The third-order valence-electron chi connectivity index (χ3n) is 1.66. The highest BCUT2D eigenvalue weighted by molar-refractivity contribution is 5.43. The van der Waals surface area contributed by atoms with E-state index in [9.17, 15) is 13.2 Å². The molecule has 1 rings (SSSR count). The van der Waals surface area contributed by atoms with Gasteiger partial charge >= 0.3 is 6.18 Å². The first-order valence-corrected chi connectivity index (χ1v) is 3.63. The smallest absolute Gasteiger partial charge is 0.192 e. The number of rotatable bonds is 1. The molecule has 0 saturated heterocycles. The van der Waals surface area contributed by atoms with Crippen molar-refractivity contribution in [1.82, 2.24) is 0 Å². The van der Waals surface area contributed by atoms with Crippen LogP contribution in [0, 0.1) is 17.4 Å². The molecule has 0 aromatic heterocycles. The number of halogens is 3. The van der Waals surface area contributed by atoms with E-state index in [4.69, 9.17) is 5.26 Å². The highest BCUT2D eigenvalue weighted by atomic mass is 19.4. The van der Waals surface area contributed by atoms with Gasteiger partial charge in [0.25, 0.3) is 0 Å². The highest BCUT2D eigenvalue weighted by Gasteiger charge is 2.30. The molecule has 0 aliphatic rings. The second kappa shape index (κ2) is 3.54. The van der Waals surface area contributed by atoms with E-state index in [0.29, 0.717) is 0 Å². The van der Waals surface area contributed by atoms with Crippen molar-refractivity contribution < 1.29 is 13.2 Å². The standard InChI is InChI=1S/C10H5F3N/c1-2-7-5-9(10(11,12)13)4-3-8(7)6-14/h3-5H,1H2. The van der Waals surface area contributed by atoms with Crippen LogP contribution < -0.4 is 0 Å². The van der Waals surface area contributed by atoms with Gasteiger partial charge in [0.2, 0.25) is 0 Å². The van der Waals surface area contributed by atoms with Gasteiger partial charge in [0.05, 0.1) is 17.2 Å². The van der Waals surface area contributed by atoms with E-state index in [0.717, 1.165) is 18.2 Å². The molecule has 0 bridgehead atoms. The molecule has 14 heavy (non-hydrogen) atoms. The molecule has 0 N–H and O–H groups in total. The molecule has 0 heterocycles. The van der Waals surface area contributed by atoms with Crippen molar-refractivity contribution in [1.29, 1.82) is 5.26 Å². The first kappa shape index (κ1) is 10.3. The van der Waals surface area contributed by atoms with Crippen molar-refractivity contribution in [3.63, 3.8) is 0 Å². The number of benzene rings is 1. The van der Waals surface area contributed by atoms with E-state index < -0.39 is 11.7 Å². The van der Waals surface area contributed by atoms with Crippen molar-refractivity contribution in [2.24, 2.45) is 0 Å². The van der Waals surface area contributed by atoms with Gasteiger partial charge in [0.15, 0.2) is 0 Å². The molecule has 0 amide bonds. The van der Waals surface area contributed by atoms with Gasteiger partial charge in [-0.3, -0.25) is 0 Å². The quantitative estimate of drug-likeness (QED) is 0.677. The Labute approximate surface area is 79.1 Å². The lowest BCUT2D eigenvalue weighted by molar-refractivity contribution is -0.137. The van der Waals surface area contributed by atoms with Crippen LogP contribution >= 0.6 is 0 Å². The van der Waals surface area contributed by atoms with Gasteiger partial charge in [-0.25, -0.2) is 0 Å². The van der Waals surface area contributed by atoms with Crippen LogP contribution in [0.3, 0.4) is 0 Å². The van der Waals surface area contributed by atoms with E-state index in [-0.39, 0.29) is 11.1 Å². The van der Waals surface area contributed by atoms with E-state index in [1.165, 1.54) is 0 Å². The molecular weight excluding hydrogens is 191 g/mol. The highest BCUT2D eigenvalue weighted by Crippen LogP contribution is 2.30. The van der Waals surface area contributed by atoms with Crippen LogP contribution in [-0.2, 0) is 6.18 Å². The van der Waals surface area contributed by atoms with Crippen LogP contribution in [0.2, 0.25) is 0 Å². The molecule has 0 fully saturated rings. The van der Waals surface area contributed by atoms with Gasteiger partial charge in [0.1, 0.15) is 0 Å². The zero-order valence-corrected chi connectivity index (χ0v) is 7.02. The predicted molar refractivity (Wildman–Crippen MR) is 44.1 cm³/mol. The van der Waals surface area contributed by atoms with Crippen LogP contribution in [0.25, 0.3) is 0 Å². The Morgan fingerprint density at radius 3 is 2.29 bits per heavy atom. The molecule has 0 unspecified atom stereocenters. The topological polar surface area (TPSA) is 23.8 Å². The second-order valence-electron chi connectivity index (χ2n) is 2.55. The average molecular weight is 196 g/mol. The number of nitrogens with zero attached hydrogens (tertiary/aromatic N) is 1. The molecule has 0 spiro atoms. The lowest BCUT2D eigenvalue weighted by atomic mass is 10.0. The average Bonchev–Trinajstić information content (AvgIpc) is 2.15. The molecule has 1 aromatic carbocycles. The van der Waals surface area contributed by atoms with Crippen molar-refractivity contribution in [3.05, 3.63) is 47.5 Å². The summed E-state index contributed by atoms with van der Waals surface area (Å²) in [5.74, 6) is 0. The minimum atomic E-state index is -4.40. The third-order valence-corrected chi connectivity index (χ3v) is 1.66. The number of hydrogen-bond donors (Lipinski definition) is 0. The first-order chi connectivity index (χ1) is 6.49. The number of alkyl halides is 3. The molecule has 1 nitrogen and oxygen atoms in total. The summed E-state index contributed by atoms with van der Waals surface area (Å²) in [7, 11) is 0. The zero-order chi connectivity index (χ0) is 10.8. The minimum absolute atomic E-state index is 0.0716. The summed E-state index contributed by atoms with van der Waals surface area (Å²) >= 11 is 0. The summed E-state index contributed by atoms with van der Waals surface area (Å²) in [6.07, 6.45) is -2.12. The fraction of sp³-hybridized carbons (Fsp3) is 0.100. The van der Waals surface area contributed by atoms with E-state index in [2.05, 4.69) is 12.7 Å². The first-order valence-electron chi connectivity index (χ1n) is 3.63. The Hall–Kier alpha value is -1.76. The Balaban J connectivity index is 3.30. The van der Waals surface area contributed by atoms with E-state index in [1.54, 1.807) is 6.07 Å². The number of hydrogen-bond acceptors (Lipinski definition) is 1. The summed E-state index contributed by atoms with van der Waals surface area (Å²) in [5, 5.41) is 8.54. The van der Waals surface area contributed by atoms with Crippen LogP contribution in [0.4, 0.5) is 13.2 Å². The molecule has 0 aliphatic heterocycles. The third kappa shape index (κ3) is 1.94. The monoisotopic (exact) mass is 196 g/mol.